The predicted octanol–water partition coefficient (Wildman–Crippen LogP) is 4.21. The van der Waals surface area contributed by atoms with E-state index in [1.165, 1.54) is 36.5 Å². The maximum atomic E-state index is 15.1. The number of carbonyl (C=O) groups is 1. The molecule has 4 N–H and O–H groups in total. The van der Waals surface area contributed by atoms with Crippen LogP contribution in [0.25, 0.3) is 21.9 Å². The highest BCUT2D eigenvalue weighted by Crippen LogP contribution is 2.44. The van der Waals surface area contributed by atoms with Gasteiger partial charge in [0.25, 0.3) is 0 Å². The Hall–Kier alpha value is -4.10. The maximum absolute atomic E-state index is 15.1. The molecule has 6 rings (SSSR count). The van der Waals surface area contributed by atoms with Gasteiger partial charge in [0.1, 0.15) is 28.5 Å². The van der Waals surface area contributed by atoms with Gasteiger partial charge in [0.05, 0.1) is 29.0 Å². The Morgan fingerprint density at radius 3 is 2.50 bits per heavy atom. The molecule has 13 heteroatoms. The zero-order valence-electron chi connectivity index (χ0n) is 24.5. The summed E-state index contributed by atoms with van der Waals surface area (Å²) in [5, 5.41) is 11.3. The highest BCUT2D eigenvalue weighted by atomic mass is 19.1. The minimum atomic E-state index is -1.21. The number of anilines is 2. The number of hydrogen-bond acceptors (Lipinski definition) is 10. The van der Waals surface area contributed by atoms with Crippen LogP contribution in [0.5, 0.6) is 11.8 Å². The number of fused-ring (bicyclic) bond motifs is 4. The summed E-state index contributed by atoms with van der Waals surface area (Å²) in [6, 6.07) is 2.86. The van der Waals surface area contributed by atoms with Crippen LogP contribution in [0.2, 0.25) is 0 Å². The second-order valence-corrected chi connectivity index (χ2v) is 12.7. The summed E-state index contributed by atoms with van der Waals surface area (Å²) in [6.45, 7) is 9.94. The lowest BCUT2D eigenvalue weighted by atomic mass is 9.72. The van der Waals surface area contributed by atoms with Gasteiger partial charge in [-0.1, -0.05) is 0 Å². The molecule has 3 unspecified atom stereocenters. The number of amides is 1. The van der Waals surface area contributed by atoms with E-state index in [2.05, 4.69) is 24.8 Å². The SMILES string of the molecule is CN(C(=O)OC(C)(C)C)c1cc(F)cc2c1[nH]c1nc(Oc3cnc(C(C)(C)O)nc3)nc(N3CC4CC(N)C4C3)c12. The van der Waals surface area contributed by atoms with Crippen molar-refractivity contribution >= 4 is 39.5 Å². The molecule has 3 aromatic heterocycles. The summed E-state index contributed by atoms with van der Waals surface area (Å²) in [6.07, 6.45) is 3.20. The average Bonchev–Trinajstić information content (AvgIpc) is 3.43. The molecular formula is C29H35FN8O4. The zero-order valence-corrected chi connectivity index (χ0v) is 24.5. The lowest BCUT2D eigenvalue weighted by Gasteiger charge is -2.36. The standard InChI is InChI=1S/C29H35FN8O4/c1-28(2,3)42-27(39)37(6)20-9-15(30)8-17-21-23(34-22(17)20)35-26(41-16-10-32-25(33-11-16)29(4,5)40)36-24(21)38-12-14-7-19(31)18(14)13-38/h8-11,14,18-19,40H,7,12-13,31H2,1-6H3,(H,34,35,36). The summed E-state index contributed by atoms with van der Waals surface area (Å²) in [5.41, 5.74) is 5.56. The van der Waals surface area contributed by atoms with Crippen molar-refractivity contribution < 1.29 is 23.8 Å². The molecule has 1 amide bonds. The van der Waals surface area contributed by atoms with Gasteiger partial charge in [-0.2, -0.15) is 9.97 Å². The van der Waals surface area contributed by atoms with Gasteiger partial charge in [-0.25, -0.2) is 19.2 Å². The lowest BCUT2D eigenvalue weighted by Crippen LogP contribution is -2.46. The van der Waals surface area contributed by atoms with Crippen molar-refractivity contribution in [1.82, 2.24) is 24.9 Å². The number of carbonyl (C=O) groups excluding carboxylic acids is 1. The number of aromatic nitrogens is 5. The first-order valence-electron chi connectivity index (χ1n) is 13.9. The van der Waals surface area contributed by atoms with E-state index in [9.17, 15) is 9.90 Å². The van der Waals surface area contributed by atoms with Crippen molar-refractivity contribution in [2.75, 3.05) is 29.9 Å². The Morgan fingerprint density at radius 1 is 1.17 bits per heavy atom. The number of nitrogens with zero attached hydrogens (tertiary/aromatic N) is 6. The van der Waals surface area contributed by atoms with E-state index in [4.69, 9.17) is 20.2 Å². The van der Waals surface area contributed by atoms with Gasteiger partial charge in [-0.3, -0.25) is 4.90 Å². The normalized spacial score (nSPS) is 20.5. The van der Waals surface area contributed by atoms with E-state index in [0.717, 1.165) is 13.0 Å². The molecule has 3 atom stereocenters. The quantitative estimate of drug-likeness (QED) is 0.313. The molecule has 1 saturated heterocycles. The summed E-state index contributed by atoms with van der Waals surface area (Å²) in [4.78, 5) is 37.4. The molecule has 1 saturated carbocycles. The van der Waals surface area contributed by atoms with Crippen molar-refractivity contribution in [2.45, 2.75) is 58.3 Å². The predicted molar refractivity (Wildman–Crippen MR) is 155 cm³/mol. The van der Waals surface area contributed by atoms with E-state index in [-0.39, 0.29) is 23.6 Å². The second kappa shape index (κ2) is 9.73. The van der Waals surface area contributed by atoms with E-state index >= 15 is 4.39 Å². The number of nitrogens with two attached hydrogens (primary N) is 1. The number of aliphatic hydroxyl groups is 1. The number of benzene rings is 1. The van der Waals surface area contributed by atoms with Gasteiger partial charge >= 0.3 is 12.1 Å². The first-order chi connectivity index (χ1) is 19.7. The van der Waals surface area contributed by atoms with Crippen molar-refractivity contribution in [3.8, 4) is 11.8 Å². The molecule has 4 heterocycles. The van der Waals surface area contributed by atoms with Crippen LogP contribution in [0.3, 0.4) is 0 Å². The van der Waals surface area contributed by atoms with Crippen molar-refractivity contribution in [3.63, 3.8) is 0 Å². The summed E-state index contributed by atoms with van der Waals surface area (Å²) < 4.78 is 26.6. The Balaban J connectivity index is 1.47. The molecular weight excluding hydrogens is 543 g/mol. The van der Waals surface area contributed by atoms with Gasteiger partial charge in [-0.05, 0) is 65.0 Å². The topological polar surface area (TPSA) is 156 Å². The maximum Gasteiger partial charge on any atom is 0.414 e. The third-order valence-corrected chi connectivity index (χ3v) is 7.79. The fourth-order valence-electron chi connectivity index (χ4n) is 5.70. The largest absolute Gasteiger partial charge is 0.443 e. The molecule has 42 heavy (non-hydrogen) atoms. The van der Waals surface area contributed by atoms with E-state index in [0.29, 0.717) is 51.8 Å². The Kier molecular flexibility index (Phi) is 6.50. The van der Waals surface area contributed by atoms with Crippen LogP contribution < -0.4 is 20.3 Å². The van der Waals surface area contributed by atoms with Crippen LogP contribution in [-0.2, 0) is 10.3 Å². The number of aromatic amines is 1. The molecule has 1 aromatic carbocycles. The zero-order chi connectivity index (χ0) is 30.1. The van der Waals surface area contributed by atoms with Crippen LogP contribution in [0.1, 0.15) is 46.9 Å². The Bertz CT molecular complexity index is 1680. The molecule has 2 aliphatic rings. The monoisotopic (exact) mass is 578 g/mol. The number of rotatable bonds is 5. The lowest BCUT2D eigenvalue weighted by molar-refractivity contribution is 0.0589. The third-order valence-electron chi connectivity index (χ3n) is 7.79. The van der Waals surface area contributed by atoms with Crippen LogP contribution >= 0.6 is 0 Å². The van der Waals surface area contributed by atoms with Gasteiger partial charge in [0, 0.05) is 31.6 Å². The average molecular weight is 579 g/mol. The molecule has 12 nitrogen and oxygen atoms in total. The van der Waals surface area contributed by atoms with Crippen molar-refractivity contribution in [1.29, 1.82) is 0 Å². The smallest absolute Gasteiger partial charge is 0.414 e. The van der Waals surface area contributed by atoms with E-state index in [1.807, 2.05) is 0 Å². The van der Waals surface area contributed by atoms with Gasteiger partial charge in [-0.15, -0.1) is 0 Å². The number of hydrogen-bond donors (Lipinski definition) is 3. The first-order valence-corrected chi connectivity index (χ1v) is 13.9. The molecule has 4 aromatic rings. The fourth-order valence-corrected chi connectivity index (χ4v) is 5.70. The number of halogens is 1. The van der Waals surface area contributed by atoms with Crippen LogP contribution in [0, 0.1) is 17.7 Å². The Labute approximate surface area is 242 Å². The van der Waals surface area contributed by atoms with E-state index in [1.54, 1.807) is 34.6 Å². The molecule has 0 bridgehead atoms. The highest BCUT2D eigenvalue weighted by molar-refractivity contribution is 6.16. The molecule has 0 spiro atoms. The van der Waals surface area contributed by atoms with Crippen molar-refractivity contribution in [2.24, 2.45) is 17.6 Å². The number of H-pyrrole nitrogens is 1. The molecule has 1 aliphatic heterocycles. The molecule has 0 radical (unpaired) electrons. The Morgan fingerprint density at radius 2 is 1.88 bits per heavy atom. The van der Waals surface area contributed by atoms with Gasteiger partial charge in [0.15, 0.2) is 11.6 Å². The number of nitrogens with one attached hydrogen (secondary N) is 1. The summed E-state index contributed by atoms with van der Waals surface area (Å²) >= 11 is 0. The highest BCUT2D eigenvalue weighted by Gasteiger charge is 2.46. The molecule has 222 valence electrons. The van der Waals surface area contributed by atoms with Crippen LogP contribution in [0.4, 0.5) is 20.7 Å². The first kappa shape index (κ1) is 28.0. The minimum Gasteiger partial charge on any atom is -0.443 e. The minimum absolute atomic E-state index is 0.0368. The third kappa shape index (κ3) is 5.07. The van der Waals surface area contributed by atoms with E-state index < -0.39 is 23.1 Å². The summed E-state index contributed by atoms with van der Waals surface area (Å²) in [7, 11) is 1.53. The molecule has 1 aliphatic carbocycles. The van der Waals surface area contributed by atoms with Gasteiger partial charge < -0.3 is 30.2 Å². The second-order valence-electron chi connectivity index (χ2n) is 12.7. The molecule has 2 fully saturated rings. The van der Waals surface area contributed by atoms with Crippen molar-refractivity contribution in [3.05, 3.63) is 36.2 Å². The summed E-state index contributed by atoms with van der Waals surface area (Å²) in [5.74, 6) is 1.38. The van der Waals surface area contributed by atoms with Gasteiger partial charge in [0.2, 0.25) is 0 Å². The fraction of sp³-hybridized carbons (Fsp3) is 0.483. The van der Waals surface area contributed by atoms with Crippen LogP contribution in [-0.4, -0.2) is 67.9 Å². The van der Waals surface area contributed by atoms with Crippen LogP contribution in [0.15, 0.2) is 24.5 Å². The number of ether oxygens (including phenoxy) is 2.